The van der Waals surface area contributed by atoms with Gasteiger partial charge >= 0.3 is 0 Å². The zero-order valence-electron chi connectivity index (χ0n) is 17.6. The molecular formula is C23H25N4O3S+. The van der Waals surface area contributed by atoms with E-state index in [1.807, 2.05) is 13.0 Å². The monoisotopic (exact) mass is 437 g/mol. The predicted octanol–water partition coefficient (Wildman–Crippen LogP) is 3.05. The first-order chi connectivity index (χ1) is 14.9. The molecule has 0 saturated carbocycles. The van der Waals surface area contributed by atoms with Gasteiger partial charge in [0, 0.05) is 11.8 Å². The third-order valence-electron chi connectivity index (χ3n) is 5.47. The number of rotatable bonds is 6. The molecule has 2 N–H and O–H groups in total. The van der Waals surface area contributed by atoms with Gasteiger partial charge in [-0.15, -0.1) is 0 Å². The van der Waals surface area contributed by atoms with Crippen molar-refractivity contribution in [3.63, 3.8) is 0 Å². The summed E-state index contributed by atoms with van der Waals surface area (Å²) in [6.45, 7) is 4.44. The quantitative estimate of drug-likeness (QED) is 0.284. The van der Waals surface area contributed by atoms with Crippen molar-refractivity contribution in [2.45, 2.75) is 49.4 Å². The number of sulfone groups is 1. The summed E-state index contributed by atoms with van der Waals surface area (Å²) in [6.07, 6.45) is 4.39. The number of anilines is 1. The number of pyridine rings is 2. The Kier molecular flexibility index (Phi) is 5.49. The predicted molar refractivity (Wildman–Crippen MR) is 120 cm³/mol. The van der Waals surface area contributed by atoms with Gasteiger partial charge in [0.05, 0.1) is 11.4 Å². The standard InChI is InChI=1S/C23H24N4O3S/c1-3-4-8-13-26-20(24)19(31(29,30)17-11-6-5-7-12-17)15-18-22(26)25-21-16(2)10-9-14-27(21)23(18)28/h5-7,9-12,14-15,24H,3-4,8,13H2,1-2H3/p+1. The van der Waals surface area contributed by atoms with Crippen molar-refractivity contribution in [3.05, 3.63) is 70.6 Å². The van der Waals surface area contributed by atoms with Gasteiger partial charge < -0.3 is 5.73 Å². The Morgan fingerprint density at radius 3 is 2.55 bits per heavy atom. The topological polar surface area (TPSA) is 98.4 Å². The molecule has 7 nitrogen and oxygen atoms in total. The first-order valence-corrected chi connectivity index (χ1v) is 11.8. The second-order valence-corrected chi connectivity index (χ2v) is 9.53. The number of aryl methyl sites for hydroxylation is 2. The van der Waals surface area contributed by atoms with Crippen LogP contribution in [0, 0.1) is 6.92 Å². The molecule has 0 radical (unpaired) electrons. The van der Waals surface area contributed by atoms with E-state index in [1.54, 1.807) is 35.0 Å². The van der Waals surface area contributed by atoms with Gasteiger partial charge in [0.25, 0.3) is 11.2 Å². The van der Waals surface area contributed by atoms with Crippen LogP contribution >= 0.6 is 0 Å². The van der Waals surface area contributed by atoms with Crippen molar-refractivity contribution in [2.75, 3.05) is 5.73 Å². The fourth-order valence-corrected chi connectivity index (χ4v) is 5.20. The number of nitrogens with zero attached hydrogens (tertiary/aromatic N) is 3. The summed E-state index contributed by atoms with van der Waals surface area (Å²) in [6, 6.07) is 13.1. The minimum Gasteiger partial charge on any atom is -0.317 e. The molecule has 3 aromatic heterocycles. The fraction of sp³-hybridized carbons (Fsp3) is 0.261. The molecule has 0 aliphatic heterocycles. The molecule has 3 heterocycles. The van der Waals surface area contributed by atoms with E-state index in [0.29, 0.717) is 17.8 Å². The fourth-order valence-electron chi connectivity index (χ4n) is 3.77. The minimum atomic E-state index is -3.91. The van der Waals surface area contributed by atoms with Gasteiger partial charge in [-0.3, -0.25) is 9.20 Å². The van der Waals surface area contributed by atoms with E-state index in [4.69, 9.17) is 10.7 Å². The average molecular weight is 438 g/mol. The summed E-state index contributed by atoms with van der Waals surface area (Å²) in [5, 5.41) is 0.225. The zero-order valence-corrected chi connectivity index (χ0v) is 18.4. The molecule has 31 heavy (non-hydrogen) atoms. The highest BCUT2D eigenvalue weighted by molar-refractivity contribution is 7.91. The maximum absolute atomic E-state index is 13.4. The van der Waals surface area contributed by atoms with E-state index in [2.05, 4.69) is 6.92 Å². The van der Waals surface area contributed by atoms with E-state index in [1.165, 1.54) is 22.6 Å². The van der Waals surface area contributed by atoms with Crippen molar-refractivity contribution >= 4 is 32.3 Å². The lowest BCUT2D eigenvalue weighted by Gasteiger charge is -2.13. The van der Waals surface area contributed by atoms with Crippen molar-refractivity contribution in [3.8, 4) is 0 Å². The van der Waals surface area contributed by atoms with Crippen LogP contribution in [-0.4, -0.2) is 17.8 Å². The molecule has 0 aliphatic rings. The number of aromatic nitrogens is 3. The highest BCUT2D eigenvalue weighted by Crippen LogP contribution is 2.26. The molecule has 0 amide bonds. The third-order valence-corrected chi connectivity index (χ3v) is 7.27. The molecule has 0 aliphatic carbocycles. The Morgan fingerprint density at radius 1 is 1.10 bits per heavy atom. The van der Waals surface area contributed by atoms with Crippen LogP contribution in [0.15, 0.2) is 69.3 Å². The van der Waals surface area contributed by atoms with E-state index >= 15 is 0 Å². The number of nitrogen functional groups attached to an aromatic ring is 1. The molecule has 160 valence electrons. The summed E-state index contributed by atoms with van der Waals surface area (Å²) < 4.78 is 29.9. The number of unbranched alkanes of at least 4 members (excludes halogenated alkanes) is 2. The van der Waals surface area contributed by atoms with Crippen molar-refractivity contribution in [1.82, 2.24) is 9.38 Å². The largest absolute Gasteiger partial charge is 0.317 e. The molecule has 0 atom stereocenters. The number of fused-ring (bicyclic) bond motifs is 2. The minimum absolute atomic E-state index is 0.0748. The van der Waals surface area contributed by atoms with Crippen LogP contribution in [0.2, 0.25) is 0 Å². The molecule has 1 aromatic carbocycles. The maximum atomic E-state index is 13.4. The molecule has 4 aromatic rings. The van der Waals surface area contributed by atoms with Gasteiger partial charge in [-0.1, -0.05) is 49.0 Å². The van der Waals surface area contributed by atoms with Crippen LogP contribution in [0.25, 0.3) is 16.7 Å². The van der Waals surface area contributed by atoms with Crippen molar-refractivity contribution < 1.29 is 13.0 Å². The van der Waals surface area contributed by atoms with Crippen molar-refractivity contribution in [1.29, 1.82) is 0 Å². The summed E-state index contributed by atoms with van der Waals surface area (Å²) >= 11 is 0. The van der Waals surface area contributed by atoms with Gasteiger partial charge in [0.2, 0.25) is 21.3 Å². The number of hydrogen-bond acceptors (Lipinski definition) is 5. The number of hydrogen-bond donors (Lipinski definition) is 1. The lowest BCUT2D eigenvalue weighted by Crippen LogP contribution is -2.41. The smallest absolute Gasteiger partial charge is 0.278 e. The van der Waals surface area contributed by atoms with Crippen LogP contribution in [-0.2, 0) is 16.4 Å². The maximum Gasteiger partial charge on any atom is 0.278 e. The molecular weight excluding hydrogens is 412 g/mol. The van der Waals surface area contributed by atoms with E-state index < -0.39 is 9.84 Å². The SMILES string of the molecule is CCCCC[n+]1c(N)c(S(=O)(=O)c2ccccc2)cc2c(=O)n3cccc(C)c3nc21. The van der Waals surface area contributed by atoms with E-state index in [-0.39, 0.29) is 26.6 Å². The normalized spacial score (nSPS) is 11.9. The van der Waals surface area contributed by atoms with Gasteiger partial charge in [-0.25, -0.2) is 13.0 Å². The zero-order chi connectivity index (χ0) is 22.2. The summed E-state index contributed by atoms with van der Waals surface area (Å²) in [5.41, 5.74) is 7.88. The van der Waals surface area contributed by atoms with Gasteiger partial charge in [-0.05, 0) is 37.6 Å². The first kappa shape index (κ1) is 21.0. The Hall–Kier alpha value is -3.26. The Balaban J connectivity index is 2.09. The summed E-state index contributed by atoms with van der Waals surface area (Å²) in [7, 11) is -3.91. The first-order valence-electron chi connectivity index (χ1n) is 10.3. The van der Waals surface area contributed by atoms with Gasteiger partial charge in [-0.2, -0.15) is 0 Å². The average Bonchev–Trinajstić information content (AvgIpc) is 2.76. The Morgan fingerprint density at radius 2 is 1.84 bits per heavy atom. The molecule has 0 saturated heterocycles. The highest BCUT2D eigenvalue weighted by atomic mass is 32.2. The number of nitrogens with two attached hydrogens (primary N) is 1. The van der Waals surface area contributed by atoms with Crippen LogP contribution in [0.1, 0.15) is 31.7 Å². The van der Waals surface area contributed by atoms with E-state index in [0.717, 1.165) is 24.8 Å². The van der Waals surface area contributed by atoms with E-state index in [9.17, 15) is 13.2 Å². The second-order valence-electron chi connectivity index (χ2n) is 7.61. The Labute approximate surface area is 180 Å². The summed E-state index contributed by atoms with van der Waals surface area (Å²) in [4.78, 5) is 18.1. The lowest BCUT2D eigenvalue weighted by molar-refractivity contribution is -0.660. The highest BCUT2D eigenvalue weighted by Gasteiger charge is 2.29. The Bertz CT molecular complexity index is 1450. The molecule has 4 rings (SSSR count). The van der Waals surface area contributed by atoms with Crippen LogP contribution in [0.5, 0.6) is 0 Å². The molecule has 0 spiro atoms. The number of benzene rings is 1. The van der Waals surface area contributed by atoms with Gasteiger partial charge in [0.1, 0.15) is 10.3 Å². The lowest BCUT2D eigenvalue weighted by atomic mass is 10.2. The van der Waals surface area contributed by atoms with Crippen molar-refractivity contribution in [2.24, 2.45) is 0 Å². The molecule has 0 bridgehead atoms. The van der Waals surface area contributed by atoms with Crippen LogP contribution in [0.4, 0.5) is 5.82 Å². The van der Waals surface area contributed by atoms with Gasteiger partial charge in [0.15, 0.2) is 0 Å². The molecule has 0 unspecified atom stereocenters. The molecule has 0 fully saturated rings. The van der Waals surface area contributed by atoms with Crippen LogP contribution < -0.4 is 15.9 Å². The molecule has 8 heteroatoms. The van der Waals surface area contributed by atoms with Crippen LogP contribution in [0.3, 0.4) is 0 Å². The summed E-state index contributed by atoms with van der Waals surface area (Å²) in [5.74, 6) is 0.0947. The third kappa shape index (κ3) is 3.57. The second kappa shape index (κ2) is 8.11.